The van der Waals surface area contributed by atoms with Crippen molar-refractivity contribution in [2.45, 2.75) is 13.1 Å². The molecule has 0 aliphatic carbocycles. The Morgan fingerprint density at radius 1 is 1.13 bits per heavy atom. The second kappa shape index (κ2) is 9.17. The molecule has 2 heterocycles. The molecule has 0 bridgehead atoms. The molecule has 31 heavy (non-hydrogen) atoms. The number of benzene rings is 2. The molecule has 4 rings (SSSR count). The zero-order valence-corrected chi connectivity index (χ0v) is 16.6. The Morgan fingerprint density at radius 3 is 2.77 bits per heavy atom. The molecule has 156 valence electrons. The van der Waals surface area contributed by atoms with Crippen LogP contribution in [0.3, 0.4) is 0 Å². The predicted molar refractivity (Wildman–Crippen MR) is 116 cm³/mol. The summed E-state index contributed by atoms with van der Waals surface area (Å²) in [6.45, 7) is 0.923. The zero-order valence-electron chi connectivity index (χ0n) is 16.6. The first kappa shape index (κ1) is 20.2. The highest BCUT2D eigenvalue weighted by Crippen LogP contribution is 2.08. The van der Waals surface area contributed by atoms with Gasteiger partial charge in [-0.2, -0.15) is 5.10 Å². The summed E-state index contributed by atoms with van der Waals surface area (Å²) < 4.78 is 16.4. The van der Waals surface area contributed by atoms with Crippen LogP contribution < -0.4 is 10.9 Å². The van der Waals surface area contributed by atoms with Crippen molar-refractivity contribution in [1.29, 1.82) is 0 Å². The maximum Gasteiger partial charge on any atom is 0.264 e. The number of hydrogen-bond acceptors (Lipinski definition) is 4. The number of aromatic nitrogens is 4. The molecule has 8 heteroatoms. The van der Waals surface area contributed by atoms with Crippen molar-refractivity contribution in [1.82, 2.24) is 24.6 Å². The quantitative estimate of drug-likeness (QED) is 0.469. The Kier molecular flexibility index (Phi) is 5.98. The van der Waals surface area contributed by atoms with Crippen LogP contribution in [0.2, 0.25) is 0 Å². The van der Waals surface area contributed by atoms with Crippen molar-refractivity contribution in [3.8, 4) is 0 Å². The molecular weight excluding hydrogens is 397 g/mol. The molecule has 4 aromatic rings. The SMILES string of the molecule is O=C(/C=C/c1ccccc1)NCCn1ncc2c(=O)n(Cc3cccc(F)c3)cnc21. The summed E-state index contributed by atoms with van der Waals surface area (Å²) in [7, 11) is 0. The van der Waals surface area contributed by atoms with Gasteiger partial charge in [-0.1, -0.05) is 42.5 Å². The average Bonchev–Trinajstić information content (AvgIpc) is 3.19. The van der Waals surface area contributed by atoms with Crippen LogP contribution in [0.1, 0.15) is 11.1 Å². The molecule has 1 amide bonds. The average molecular weight is 417 g/mol. The molecule has 0 saturated heterocycles. The number of nitrogens with zero attached hydrogens (tertiary/aromatic N) is 4. The summed E-state index contributed by atoms with van der Waals surface area (Å²) in [5.74, 6) is -0.571. The third-order valence-electron chi connectivity index (χ3n) is 4.71. The van der Waals surface area contributed by atoms with Gasteiger partial charge in [0.15, 0.2) is 5.65 Å². The van der Waals surface area contributed by atoms with Crippen LogP contribution in [-0.2, 0) is 17.9 Å². The molecule has 2 aromatic carbocycles. The second-order valence-electron chi connectivity index (χ2n) is 6.95. The van der Waals surface area contributed by atoms with E-state index in [4.69, 9.17) is 0 Å². The topological polar surface area (TPSA) is 81.8 Å². The molecule has 0 unspecified atom stereocenters. The highest BCUT2D eigenvalue weighted by atomic mass is 19.1. The van der Waals surface area contributed by atoms with Gasteiger partial charge in [-0.3, -0.25) is 14.2 Å². The first-order chi connectivity index (χ1) is 15.1. The van der Waals surface area contributed by atoms with Gasteiger partial charge in [-0.15, -0.1) is 0 Å². The third-order valence-corrected chi connectivity index (χ3v) is 4.71. The van der Waals surface area contributed by atoms with E-state index < -0.39 is 0 Å². The fourth-order valence-corrected chi connectivity index (χ4v) is 3.19. The zero-order chi connectivity index (χ0) is 21.6. The first-order valence-electron chi connectivity index (χ1n) is 9.76. The van der Waals surface area contributed by atoms with Gasteiger partial charge in [0.25, 0.3) is 5.56 Å². The standard InChI is InChI=1S/C23H20FN5O2/c24-19-8-4-7-18(13-19)15-28-16-26-22-20(23(28)31)14-27-29(22)12-11-25-21(30)10-9-17-5-2-1-3-6-17/h1-10,13-14,16H,11-12,15H2,(H,25,30)/b10-9+. The maximum atomic E-state index is 13.4. The lowest BCUT2D eigenvalue weighted by Gasteiger charge is -2.07. The largest absolute Gasteiger partial charge is 0.351 e. The number of nitrogens with one attached hydrogen (secondary N) is 1. The van der Waals surface area contributed by atoms with E-state index >= 15 is 0 Å². The molecule has 0 aliphatic rings. The summed E-state index contributed by atoms with van der Waals surface area (Å²) in [5, 5.41) is 7.38. The minimum atomic E-state index is -0.354. The summed E-state index contributed by atoms with van der Waals surface area (Å²) in [6.07, 6.45) is 6.10. The van der Waals surface area contributed by atoms with Crippen LogP contribution in [-0.4, -0.2) is 31.8 Å². The molecule has 0 atom stereocenters. The molecule has 2 aromatic heterocycles. The van der Waals surface area contributed by atoms with Crippen molar-refractivity contribution in [3.05, 3.63) is 100 Å². The minimum Gasteiger partial charge on any atom is -0.351 e. The van der Waals surface area contributed by atoms with Gasteiger partial charge in [0.1, 0.15) is 17.5 Å². The Labute approximate surface area is 177 Å². The van der Waals surface area contributed by atoms with E-state index in [1.165, 1.54) is 35.3 Å². The van der Waals surface area contributed by atoms with E-state index in [1.807, 2.05) is 30.3 Å². The van der Waals surface area contributed by atoms with Gasteiger partial charge < -0.3 is 5.32 Å². The molecule has 0 radical (unpaired) electrons. The van der Waals surface area contributed by atoms with Crippen LogP contribution >= 0.6 is 0 Å². The lowest BCUT2D eigenvalue weighted by atomic mass is 10.2. The highest BCUT2D eigenvalue weighted by molar-refractivity contribution is 5.91. The Hall–Kier alpha value is -4.07. The summed E-state index contributed by atoms with van der Waals surface area (Å²) in [5.41, 5.74) is 1.79. The van der Waals surface area contributed by atoms with Gasteiger partial charge in [0, 0.05) is 12.6 Å². The fourth-order valence-electron chi connectivity index (χ4n) is 3.19. The summed E-state index contributed by atoms with van der Waals surface area (Å²) in [4.78, 5) is 29.0. The van der Waals surface area contributed by atoms with Crippen molar-refractivity contribution >= 4 is 23.0 Å². The van der Waals surface area contributed by atoms with E-state index in [-0.39, 0.29) is 23.8 Å². The van der Waals surface area contributed by atoms with Crippen LogP contribution in [0, 0.1) is 5.82 Å². The summed E-state index contributed by atoms with van der Waals surface area (Å²) in [6, 6.07) is 15.6. The van der Waals surface area contributed by atoms with Gasteiger partial charge >= 0.3 is 0 Å². The summed E-state index contributed by atoms with van der Waals surface area (Å²) >= 11 is 0. The first-order valence-corrected chi connectivity index (χ1v) is 9.76. The number of halogens is 1. The molecule has 0 fully saturated rings. The minimum absolute atomic E-state index is 0.217. The van der Waals surface area contributed by atoms with E-state index in [0.29, 0.717) is 29.7 Å². The van der Waals surface area contributed by atoms with E-state index in [0.717, 1.165) is 5.56 Å². The van der Waals surface area contributed by atoms with Gasteiger partial charge in [0.05, 0.1) is 19.3 Å². The number of carbonyl (C=O) groups excluding carboxylic acids is 1. The lowest BCUT2D eigenvalue weighted by Crippen LogP contribution is -2.26. The van der Waals surface area contributed by atoms with Crippen LogP contribution in [0.5, 0.6) is 0 Å². The second-order valence-corrected chi connectivity index (χ2v) is 6.95. The molecular formula is C23H20FN5O2. The lowest BCUT2D eigenvalue weighted by molar-refractivity contribution is -0.116. The number of amides is 1. The van der Waals surface area contributed by atoms with Gasteiger partial charge in [-0.05, 0) is 29.3 Å². The Bertz CT molecular complexity index is 1290. The molecule has 1 N–H and O–H groups in total. The smallest absolute Gasteiger partial charge is 0.264 e. The third kappa shape index (κ3) is 4.92. The van der Waals surface area contributed by atoms with Gasteiger partial charge in [0.2, 0.25) is 5.91 Å². The van der Waals surface area contributed by atoms with E-state index in [2.05, 4.69) is 15.4 Å². The molecule has 0 saturated carbocycles. The van der Waals surface area contributed by atoms with Crippen LogP contribution in [0.15, 0.2) is 78.0 Å². The Balaban J connectivity index is 1.40. The number of hydrogen-bond donors (Lipinski definition) is 1. The van der Waals surface area contributed by atoms with Crippen LogP contribution in [0.25, 0.3) is 17.1 Å². The predicted octanol–water partition coefficient (Wildman–Crippen LogP) is 2.61. The monoisotopic (exact) mass is 417 g/mol. The normalized spacial score (nSPS) is 11.3. The number of carbonyl (C=O) groups is 1. The van der Waals surface area contributed by atoms with Crippen molar-refractivity contribution < 1.29 is 9.18 Å². The number of fused-ring (bicyclic) bond motifs is 1. The molecule has 0 aliphatic heterocycles. The molecule has 7 nitrogen and oxygen atoms in total. The highest BCUT2D eigenvalue weighted by Gasteiger charge is 2.11. The Morgan fingerprint density at radius 2 is 1.97 bits per heavy atom. The van der Waals surface area contributed by atoms with Crippen molar-refractivity contribution in [2.75, 3.05) is 6.54 Å². The maximum absolute atomic E-state index is 13.4. The fraction of sp³-hybridized carbons (Fsp3) is 0.130. The number of rotatable bonds is 7. The van der Waals surface area contributed by atoms with Crippen molar-refractivity contribution in [2.24, 2.45) is 0 Å². The van der Waals surface area contributed by atoms with Gasteiger partial charge in [-0.25, -0.2) is 14.1 Å². The van der Waals surface area contributed by atoms with Crippen molar-refractivity contribution in [3.63, 3.8) is 0 Å². The van der Waals surface area contributed by atoms with Crippen LogP contribution in [0.4, 0.5) is 4.39 Å². The van der Waals surface area contributed by atoms with E-state index in [9.17, 15) is 14.0 Å². The molecule has 0 spiro atoms. The van der Waals surface area contributed by atoms with E-state index in [1.54, 1.807) is 22.9 Å².